The minimum atomic E-state index is -4.89. The molecule has 0 spiro atoms. The fourth-order valence-corrected chi connectivity index (χ4v) is 4.47. The molecule has 1 aromatic heterocycles. The monoisotopic (exact) mass is 483 g/mol. The second-order valence-corrected chi connectivity index (χ2v) is 8.67. The molecular weight excluding hydrogens is 458 g/mol. The number of hydrogen-bond acceptors (Lipinski definition) is 4. The highest BCUT2D eigenvalue weighted by molar-refractivity contribution is 5.95. The molecule has 1 aromatic carbocycles. The Morgan fingerprint density at radius 1 is 1.32 bits per heavy atom. The van der Waals surface area contributed by atoms with Crippen molar-refractivity contribution in [3.63, 3.8) is 0 Å². The molecule has 3 heterocycles. The second kappa shape index (κ2) is 8.90. The summed E-state index contributed by atoms with van der Waals surface area (Å²) in [5, 5.41) is 17.3. The summed E-state index contributed by atoms with van der Waals surface area (Å²) < 4.78 is 54.1. The number of carbonyl (C=O) groups excluding carboxylic acids is 2. The minimum Gasteiger partial charge on any atom is -0.393 e. The Balaban J connectivity index is 1.56. The van der Waals surface area contributed by atoms with Crippen LogP contribution < -0.4 is 5.32 Å². The van der Waals surface area contributed by atoms with Crippen molar-refractivity contribution in [2.45, 2.75) is 45.1 Å². The van der Waals surface area contributed by atoms with Gasteiger partial charge in [0.2, 0.25) is 0 Å². The second-order valence-electron chi connectivity index (χ2n) is 8.67. The van der Waals surface area contributed by atoms with Crippen LogP contribution in [0.1, 0.15) is 40.7 Å². The van der Waals surface area contributed by atoms with Crippen molar-refractivity contribution in [2.75, 3.05) is 25.5 Å². The van der Waals surface area contributed by atoms with E-state index >= 15 is 0 Å². The van der Waals surface area contributed by atoms with Gasteiger partial charge >= 0.3 is 12.2 Å². The third-order valence-electron chi connectivity index (χ3n) is 6.34. The topological polar surface area (TPSA) is 90.7 Å². The smallest absolute Gasteiger partial charge is 0.393 e. The lowest BCUT2D eigenvalue weighted by Gasteiger charge is -2.28. The molecule has 1 unspecified atom stereocenters. The number of amides is 3. The summed E-state index contributed by atoms with van der Waals surface area (Å²) in [5.41, 5.74) is -0.0494. The Labute approximate surface area is 193 Å². The number of hydrogen-bond donors (Lipinski definition) is 2. The Kier molecular flexibility index (Phi) is 6.28. The lowest BCUT2D eigenvalue weighted by atomic mass is 10.0. The molecule has 3 amide bonds. The van der Waals surface area contributed by atoms with Crippen LogP contribution in [0.25, 0.3) is 0 Å². The largest absolute Gasteiger partial charge is 0.419 e. The summed E-state index contributed by atoms with van der Waals surface area (Å²) in [6, 6.07) is 1.59. The number of carbonyl (C=O) groups is 2. The van der Waals surface area contributed by atoms with Crippen molar-refractivity contribution >= 4 is 17.6 Å². The lowest BCUT2D eigenvalue weighted by molar-refractivity contribution is -0.139. The summed E-state index contributed by atoms with van der Waals surface area (Å²) in [7, 11) is 1.65. The predicted octanol–water partition coefficient (Wildman–Crippen LogP) is 3.10. The molecule has 0 bridgehead atoms. The summed E-state index contributed by atoms with van der Waals surface area (Å²) in [5.74, 6) is -1.89. The van der Waals surface area contributed by atoms with Gasteiger partial charge in [-0.15, -0.1) is 0 Å². The molecule has 0 saturated heterocycles. The number of fused-ring (bicyclic) bond motifs is 3. The number of anilines is 1. The van der Waals surface area contributed by atoms with E-state index in [-0.39, 0.29) is 30.6 Å². The van der Waals surface area contributed by atoms with Crippen LogP contribution in [-0.2, 0) is 25.7 Å². The first kappa shape index (κ1) is 24.0. The molecule has 0 radical (unpaired) electrons. The fourth-order valence-electron chi connectivity index (χ4n) is 4.47. The maximum atomic E-state index is 13.5. The summed E-state index contributed by atoms with van der Waals surface area (Å²) in [6.07, 6.45) is -4.59. The van der Waals surface area contributed by atoms with Gasteiger partial charge < -0.3 is 20.2 Å². The molecule has 12 heteroatoms. The molecular formula is C22H25F4N5O3. The van der Waals surface area contributed by atoms with Crippen LogP contribution in [0.4, 0.5) is 28.0 Å². The zero-order valence-electron chi connectivity index (χ0n) is 18.7. The Bertz CT molecular complexity index is 1120. The number of aliphatic hydroxyl groups excluding tert-OH is 1. The zero-order chi connectivity index (χ0) is 24.8. The van der Waals surface area contributed by atoms with E-state index in [2.05, 4.69) is 10.4 Å². The van der Waals surface area contributed by atoms with Gasteiger partial charge in [-0.05, 0) is 24.6 Å². The van der Waals surface area contributed by atoms with Crippen molar-refractivity contribution in [1.82, 2.24) is 19.6 Å². The van der Waals surface area contributed by atoms with E-state index in [1.807, 2.05) is 6.92 Å². The number of nitrogens with one attached hydrogen (secondary N) is 1. The van der Waals surface area contributed by atoms with Gasteiger partial charge in [0.1, 0.15) is 11.5 Å². The van der Waals surface area contributed by atoms with Crippen LogP contribution in [0, 0.1) is 11.7 Å². The number of halogens is 4. The molecule has 2 aliphatic rings. The number of benzene rings is 1. The Morgan fingerprint density at radius 3 is 2.74 bits per heavy atom. The SMILES string of the molecule is CCC(O)[C@@H]1CN(C)C(=O)c2c3c(nn2C1)CCN(C(=O)Nc1ccc(F)c(C(F)(F)F)c1)C3. The molecule has 8 nitrogen and oxygen atoms in total. The Morgan fingerprint density at radius 2 is 2.06 bits per heavy atom. The highest BCUT2D eigenvalue weighted by Crippen LogP contribution is 2.33. The molecule has 2 atom stereocenters. The number of alkyl halides is 3. The van der Waals surface area contributed by atoms with Crippen LogP contribution in [0.2, 0.25) is 0 Å². The molecule has 0 aliphatic carbocycles. The van der Waals surface area contributed by atoms with Crippen LogP contribution in [0.15, 0.2) is 18.2 Å². The van der Waals surface area contributed by atoms with Crippen LogP contribution in [0.3, 0.4) is 0 Å². The molecule has 184 valence electrons. The molecule has 2 N–H and O–H groups in total. The van der Waals surface area contributed by atoms with E-state index in [1.54, 1.807) is 11.7 Å². The molecule has 2 aliphatic heterocycles. The third kappa shape index (κ3) is 4.46. The quantitative estimate of drug-likeness (QED) is 0.657. The minimum absolute atomic E-state index is 0.0460. The van der Waals surface area contributed by atoms with Crippen molar-refractivity contribution in [2.24, 2.45) is 5.92 Å². The lowest BCUT2D eigenvalue weighted by Crippen LogP contribution is -2.40. The number of nitrogens with zero attached hydrogens (tertiary/aromatic N) is 4. The maximum Gasteiger partial charge on any atom is 0.419 e. The third-order valence-corrected chi connectivity index (χ3v) is 6.34. The van der Waals surface area contributed by atoms with Crippen molar-refractivity contribution in [3.8, 4) is 0 Å². The number of rotatable bonds is 3. The van der Waals surface area contributed by atoms with E-state index < -0.39 is 29.7 Å². The van der Waals surface area contributed by atoms with E-state index in [9.17, 15) is 32.3 Å². The first-order chi connectivity index (χ1) is 16.0. The maximum absolute atomic E-state index is 13.5. The van der Waals surface area contributed by atoms with Crippen molar-refractivity contribution < 1.29 is 32.3 Å². The van der Waals surface area contributed by atoms with Gasteiger partial charge in [0, 0.05) is 50.3 Å². The number of aliphatic hydroxyl groups is 1. The van der Waals surface area contributed by atoms with E-state index in [0.29, 0.717) is 55.0 Å². The molecule has 0 fully saturated rings. The number of aromatic nitrogens is 2. The van der Waals surface area contributed by atoms with Gasteiger partial charge in [-0.2, -0.15) is 18.3 Å². The molecule has 34 heavy (non-hydrogen) atoms. The first-order valence-corrected chi connectivity index (χ1v) is 10.9. The van der Waals surface area contributed by atoms with Gasteiger partial charge in [-0.25, -0.2) is 9.18 Å². The highest BCUT2D eigenvalue weighted by Gasteiger charge is 2.37. The van der Waals surface area contributed by atoms with Crippen LogP contribution in [-0.4, -0.2) is 62.9 Å². The average molecular weight is 483 g/mol. The van der Waals surface area contributed by atoms with Crippen molar-refractivity contribution in [3.05, 3.63) is 46.5 Å². The van der Waals surface area contributed by atoms with Gasteiger partial charge in [0.05, 0.1) is 23.9 Å². The average Bonchev–Trinajstić information content (AvgIpc) is 3.08. The summed E-state index contributed by atoms with van der Waals surface area (Å²) in [4.78, 5) is 28.8. The highest BCUT2D eigenvalue weighted by atomic mass is 19.4. The number of urea groups is 1. The molecule has 2 aromatic rings. The Hall–Kier alpha value is -3.15. The molecule has 4 rings (SSSR count). The van der Waals surface area contributed by atoms with E-state index in [4.69, 9.17) is 0 Å². The van der Waals surface area contributed by atoms with Gasteiger partial charge in [-0.1, -0.05) is 6.92 Å². The predicted molar refractivity (Wildman–Crippen MR) is 114 cm³/mol. The first-order valence-electron chi connectivity index (χ1n) is 10.9. The van der Waals surface area contributed by atoms with E-state index in [1.165, 1.54) is 9.80 Å². The van der Waals surface area contributed by atoms with Crippen LogP contribution in [0.5, 0.6) is 0 Å². The fraction of sp³-hybridized carbons (Fsp3) is 0.500. The van der Waals surface area contributed by atoms with Crippen LogP contribution >= 0.6 is 0 Å². The molecule has 0 saturated carbocycles. The standard InChI is InChI=1S/C22H25F4N5O3/c1-3-18(32)12-9-29(2)20(33)19-14-11-30(7-6-17(14)28-31(19)10-12)21(34)27-13-4-5-16(23)15(8-13)22(24,25)26/h4-5,8,12,18,32H,3,6-7,9-11H2,1-2H3,(H,27,34)/t12-,18?/m1/s1. The van der Waals surface area contributed by atoms with Gasteiger partial charge in [0.25, 0.3) is 5.91 Å². The van der Waals surface area contributed by atoms with E-state index in [0.717, 1.165) is 6.07 Å². The van der Waals surface area contributed by atoms with Gasteiger partial charge in [0.15, 0.2) is 0 Å². The summed E-state index contributed by atoms with van der Waals surface area (Å²) in [6.45, 7) is 2.87. The van der Waals surface area contributed by atoms with Gasteiger partial charge in [-0.3, -0.25) is 9.48 Å². The zero-order valence-corrected chi connectivity index (χ0v) is 18.7. The summed E-state index contributed by atoms with van der Waals surface area (Å²) >= 11 is 0. The van der Waals surface area contributed by atoms with Crippen molar-refractivity contribution in [1.29, 1.82) is 0 Å². The normalized spacial score (nSPS) is 19.4.